The third-order valence-corrected chi connectivity index (χ3v) is 7.13. The maximum absolute atomic E-state index is 14.0. The highest BCUT2D eigenvalue weighted by Gasteiger charge is 2.26. The van der Waals surface area contributed by atoms with Gasteiger partial charge in [0.1, 0.15) is 0 Å². The summed E-state index contributed by atoms with van der Waals surface area (Å²) in [6.45, 7) is 0. The molecule has 0 saturated heterocycles. The molecule has 0 saturated carbocycles. The van der Waals surface area contributed by atoms with E-state index in [4.69, 9.17) is 0 Å². The van der Waals surface area contributed by atoms with Crippen molar-refractivity contribution in [2.45, 2.75) is 6.42 Å². The van der Waals surface area contributed by atoms with Crippen LogP contribution in [0.25, 0.3) is 22.3 Å². The third-order valence-electron chi connectivity index (χ3n) is 7.13. The monoisotopic (exact) mass is 502 g/mol. The lowest BCUT2D eigenvalue weighted by Crippen LogP contribution is -2.10. The van der Waals surface area contributed by atoms with Crippen molar-refractivity contribution < 1.29 is 9.59 Å². The minimum absolute atomic E-state index is 0.00518. The van der Waals surface area contributed by atoms with Crippen LogP contribution in [0.2, 0.25) is 0 Å². The van der Waals surface area contributed by atoms with E-state index in [1.54, 1.807) is 0 Å². The lowest BCUT2D eigenvalue weighted by atomic mass is 9.84. The van der Waals surface area contributed by atoms with Gasteiger partial charge in [-0.25, -0.2) is 0 Å². The standard InChI is InChI=1S/C37H26O2/c38-36-32(26-13-5-1-6-14-26)22-21-30(23-33(36)27-15-7-2-8-16-27)31-24-34(28-17-9-3-10-18-28)37(39)35(25-31)29-19-11-4-12-20-29/h1-20,22-25H,21H2. The smallest absolute Gasteiger partial charge is 0.194 e. The quantitative estimate of drug-likeness (QED) is 0.282. The second-order valence-corrected chi connectivity index (χ2v) is 9.60. The Balaban J connectivity index is 1.59. The number of carbonyl (C=O) groups excluding carboxylic acids is 2. The van der Waals surface area contributed by atoms with Gasteiger partial charge in [0.25, 0.3) is 0 Å². The van der Waals surface area contributed by atoms with Crippen LogP contribution in [0.3, 0.4) is 0 Å². The first kappa shape index (κ1) is 24.3. The summed E-state index contributed by atoms with van der Waals surface area (Å²) in [5.74, 6) is -0.0105. The Hall–Kier alpha value is -5.08. The predicted molar refractivity (Wildman–Crippen MR) is 159 cm³/mol. The SMILES string of the molecule is O=C1C(c2ccccc2)=CC(=C2C=C(c3ccccc3)C(=O)C(c3ccccc3)=CC2)C=C1c1ccccc1. The van der Waals surface area contributed by atoms with Crippen LogP contribution in [0.5, 0.6) is 0 Å². The molecule has 0 aliphatic heterocycles. The molecule has 2 aliphatic carbocycles. The molecular formula is C37H26O2. The molecule has 0 radical (unpaired) electrons. The zero-order valence-corrected chi connectivity index (χ0v) is 21.4. The van der Waals surface area contributed by atoms with Gasteiger partial charge in [0.05, 0.1) is 0 Å². The topological polar surface area (TPSA) is 34.1 Å². The number of hydrogen-bond acceptors (Lipinski definition) is 2. The molecule has 2 heteroatoms. The zero-order chi connectivity index (χ0) is 26.6. The van der Waals surface area contributed by atoms with E-state index in [9.17, 15) is 9.59 Å². The number of rotatable bonds is 4. The molecule has 0 spiro atoms. The van der Waals surface area contributed by atoms with Crippen LogP contribution in [0.1, 0.15) is 28.7 Å². The second-order valence-electron chi connectivity index (χ2n) is 9.60. The highest BCUT2D eigenvalue weighted by atomic mass is 16.1. The van der Waals surface area contributed by atoms with E-state index in [1.807, 2.05) is 146 Å². The van der Waals surface area contributed by atoms with E-state index in [0.29, 0.717) is 28.7 Å². The molecule has 0 bridgehead atoms. The van der Waals surface area contributed by atoms with Crippen LogP contribution in [0.15, 0.2) is 157 Å². The molecule has 0 heterocycles. The van der Waals surface area contributed by atoms with E-state index < -0.39 is 0 Å². The van der Waals surface area contributed by atoms with Crippen molar-refractivity contribution in [3.8, 4) is 0 Å². The van der Waals surface area contributed by atoms with E-state index in [-0.39, 0.29) is 11.6 Å². The minimum Gasteiger partial charge on any atom is -0.289 e. The van der Waals surface area contributed by atoms with Gasteiger partial charge in [-0.05, 0) is 58.0 Å². The first-order chi connectivity index (χ1) is 19.2. The van der Waals surface area contributed by atoms with Crippen LogP contribution in [0.4, 0.5) is 0 Å². The van der Waals surface area contributed by atoms with Crippen molar-refractivity contribution >= 4 is 33.9 Å². The molecule has 0 unspecified atom stereocenters. The number of ketones is 2. The highest BCUT2D eigenvalue weighted by Crippen LogP contribution is 2.37. The Kier molecular flexibility index (Phi) is 6.67. The number of Topliss-reactive ketones (excluding diaryl/α,β-unsaturated/α-hetero) is 2. The van der Waals surface area contributed by atoms with Crippen LogP contribution in [0, 0.1) is 0 Å². The van der Waals surface area contributed by atoms with Gasteiger partial charge < -0.3 is 0 Å². The van der Waals surface area contributed by atoms with Crippen LogP contribution in [-0.2, 0) is 9.59 Å². The molecule has 2 aliphatic rings. The molecule has 2 nitrogen and oxygen atoms in total. The van der Waals surface area contributed by atoms with Crippen molar-refractivity contribution in [1.82, 2.24) is 0 Å². The zero-order valence-electron chi connectivity index (χ0n) is 21.4. The third kappa shape index (κ3) is 4.93. The highest BCUT2D eigenvalue weighted by molar-refractivity contribution is 6.44. The number of allylic oxidation sites excluding steroid dienone is 10. The fourth-order valence-electron chi connectivity index (χ4n) is 5.13. The van der Waals surface area contributed by atoms with Gasteiger partial charge >= 0.3 is 0 Å². The Morgan fingerprint density at radius 2 is 0.718 bits per heavy atom. The largest absolute Gasteiger partial charge is 0.289 e. The molecule has 0 fully saturated rings. The average molecular weight is 503 g/mol. The van der Waals surface area contributed by atoms with Crippen molar-refractivity contribution in [1.29, 1.82) is 0 Å². The molecule has 4 aromatic rings. The van der Waals surface area contributed by atoms with Crippen molar-refractivity contribution in [3.63, 3.8) is 0 Å². The fourth-order valence-corrected chi connectivity index (χ4v) is 5.13. The van der Waals surface area contributed by atoms with Crippen molar-refractivity contribution in [2.75, 3.05) is 0 Å². The predicted octanol–water partition coefficient (Wildman–Crippen LogP) is 8.17. The number of carbonyl (C=O) groups is 2. The van der Waals surface area contributed by atoms with Gasteiger partial charge in [-0.2, -0.15) is 0 Å². The average Bonchev–Trinajstić information content (AvgIpc) is 3.18. The minimum atomic E-state index is -0.00534. The Morgan fingerprint density at radius 3 is 1.13 bits per heavy atom. The Bertz CT molecular complexity index is 1640. The molecule has 4 aromatic carbocycles. The van der Waals surface area contributed by atoms with Gasteiger partial charge in [-0.3, -0.25) is 9.59 Å². The van der Waals surface area contributed by atoms with Crippen LogP contribution >= 0.6 is 0 Å². The summed E-state index contributed by atoms with van der Waals surface area (Å²) in [7, 11) is 0. The van der Waals surface area contributed by atoms with E-state index >= 15 is 0 Å². The van der Waals surface area contributed by atoms with Gasteiger partial charge in [-0.15, -0.1) is 0 Å². The summed E-state index contributed by atoms with van der Waals surface area (Å²) in [4.78, 5) is 27.7. The molecule has 186 valence electrons. The first-order valence-corrected chi connectivity index (χ1v) is 13.1. The number of hydrogen-bond donors (Lipinski definition) is 0. The Morgan fingerprint density at radius 1 is 0.385 bits per heavy atom. The van der Waals surface area contributed by atoms with Crippen LogP contribution in [-0.4, -0.2) is 11.6 Å². The van der Waals surface area contributed by atoms with E-state index in [2.05, 4.69) is 0 Å². The maximum Gasteiger partial charge on any atom is 0.194 e. The lowest BCUT2D eigenvalue weighted by Gasteiger charge is -2.18. The summed E-state index contributed by atoms with van der Waals surface area (Å²) in [6.07, 6.45) is 8.55. The summed E-state index contributed by atoms with van der Waals surface area (Å²) in [5.41, 5.74) is 8.07. The van der Waals surface area contributed by atoms with Gasteiger partial charge in [0, 0.05) is 22.3 Å². The summed E-state index contributed by atoms with van der Waals surface area (Å²) in [5, 5.41) is 0. The normalized spacial score (nSPS) is 15.7. The maximum atomic E-state index is 14.0. The second kappa shape index (κ2) is 10.7. The molecule has 0 N–H and O–H groups in total. The summed E-state index contributed by atoms with van der Waals surface area (Å²) >= 11 is 0. The van der Waals surface area contributed by atoms with Crippen molar-refractivity contribution in [3.05, 3.63) is 179 Å². The molecule has 39 heavy (non-hydrogen) atoms. The summed E-state index contributed by atoms with van der Waals surface area (Å²) < 4.78 is 0. The summed E-state index contributed by atoms with van der Waals surface area (Å²) in [6, 6.07) is 39.2. The van der Waals surface area contributed by atoms with Gasteiger partial charge in [-0.1, -0.05) is 127 Å². The molecule has 0 aromatic heterocycles. The number of benzene rings is 4. The Labute approximate surface area is 228 Å². The van der Waals surface area contributed by atoms with Crippen LogP contribution < -0.4 is 0 Å². The van der Waals surface area contributed by atoms with E-state index in [0.717, 1.165) is 33.4 Å². The fraction of sp³-hybridized carbons (Fsp3) is 0.0270. The molecule has 6 rings (SSSR count). The molecular weight excluding hydrogens is 476 g/mol. The lowest BCUT2D eigenvalue weighted by molar-refractivity contribution is -0.109. The first-order valence-electron chi connectivity index (χ1n) is 13.1. The van der Waals surface area contributed by atoms with Gasteiger partial charge in [0.15, 0.2) is 11.6 Å². The van der Waals surface area contributed by atoms with Crippen molar-refractivity contribution in [2.24, 2.45) is 0 Å². The van der Waals surface area contributed by atoms with Gasteiger partial charge in [0.2, 0.25) is 0 Å². The van der Waals surface area contributed by atoms with E-state index in [1.165, 1.54) is 0 Å². The molecule has 0 amide bonds. The molecule has 0 atom stereocenters.